The zero-order valence-corrected chi connectivity index (χ0v) is 29.7. The van der Waals surface area contributed by atoms with Crippen LogP contribution in [0.2, 0.25) is 0 Å². The lowest BCUT2D eigenvalue weighted by molar-refractivity contribution is -0.138. The van der Waals surface area contributed by atoms with Crippen molar-refractivity contribution in [3.63, 3.8) is 0 Å². The summed E-state index contributed by atoms with van der Waals surface area (Å²) in [6.07, 6.45) is -0.889. The van der Waals surface area contributed by atoms with E-state index in [2.05, 4.69) is 6.58 Å². The van der Waals surface area contributed by atoms with Crippen molar-refractivity contribution in [2.24, 2.45) is 0 Å². The van der Waals surface area contributed by atoms with Gasteiger partial charge in [-0.3, -0.25) is 0 Å². The van der Waals surface area contributed by atoms with Gasteiger partial charge >= 0.3 is 5.97 Å². The molecule has 0 aliphatic heterocycles. The Morgan fingerprint density at radius 1 is 0.490 bits per heavy atom. The number of aliphatic carboxylic acids is 1. The molecule has 49 heavy (non-hydrogen) atoms. The van der Waals surface area contributed by atoms with E-state index in [1.807, 2.05) is 6.92 Å². The van der Waals surface area contributed by atoms with Crippen molar-refractivity contribution in [1.82, 2.24) is 0 Å². The van der Waals surface area contributed by atoms with Crippen LogP contribution in [0, 0.1) is 0 Å². The lowest BCUT2D eigenvalue weighted by atomic mass is 10.4. The van der Waals surface area contributed by atoms with Gasteiger partial charge in [0.2, 0.25) is 0 Å². The summed E-state index contributed by atoms with van der Waals surface area (Å²) in [6.45, 7) is 18.0. The first-order chi connectivity index (χ1) is 24.0. The number of hydrogen-bond acceptors (Lipinski definition) is 16. The number of carboxylic acid groups (broad SMARTS) is 1. The minimum atomic E-state index is -0.935. The SMILES string of the molecule is C=C(C)C(=O)O.CCOC(O)COCCOCCOCCOCCOCCOCCOCCOCCOCCOCCOCCOCCO. The Morgan fingerprint density at radius 3 is 0.878 bits per heavy atom. The number of hydrogen-bond donors (Lipinski definition) is 3. The molecule has 0 rings (SSSR count). The molecular formula is C32H64O17. The first kappa shape index (κ1) is 49.7. The van der Waals surface area contributed by atoms with Crippen LogP contribution in [0.1, 0.15) is 13.8 Å². The van der Waals surface area contributed by atoms with Crippen molar-refractivity contribution < 1.29 is 81.7 Å². The van der Waals surface area contributed by atoms with Gasteiger partial charge in [0.15, 0.2) is 6.29 Å². The Bertz CT molecular complexity index is 647. The molecule has 0 bridgehead atoms. The van der Waals surface area contributed by atoms with E-state index in [9.17, 15) is 9.90 Å². The lowest BCUT2D eigenvalue weighted by Gasteiger charge is -2.11. The second kappa shape index (κ2) is 44.6. The third-order valence-corrected chi connectivity index (χ3v) is 5.31. The van der Waals surface area contributed by atoms with Gasteiger partial charge in [0.05, 0.1) is 165 Å². The molecule has 0 fully saturated rings. The Hall–Kier alpha value is -1.39. The molecule has 17 heteroatoms. The lowest BCUT2D eigenvalue weighted by Crippen LogP contribution is -2.20. The Balaban J connectivity index is 0. The van der Waals surface area contributed by atoms with Gasteiger partial charge in [-0.2, -0.15) is 0 Å². The highest BCUT2D eigenvalue weighted by molar-refractivity contribution is 5.84. The van der Waals surface area contributed by atoms with Gasteiger partial charge in [-0.1, -0.05) is 6.58 Å². The molecule has 0 amide bonds. The molecule has 17 nitrogen and oxygen atoms in total. The highest BCUT2D eigenvalue weighted by Crippen LogP contribution is 1.90. The van der Waals surface area contributed by atoms with Gasteiger partial charge in [0, 0.05) is 12.2 Å². The summed E-state index contributed by atoms with van der Waals surface area (Å²) in [5, 5.41) is 25.8. The quantitative estimate of drug-likeness (QED) is 0.0440. The van der Waals surface area contributed by atoms with Gasteiger partial charge in [-0.15, -0.1) is 0 Å². The van der Waals surface area contributed by atoms with Gasteiger partial charge < -0.3 is 76.9 Å². The van der Waals surface area contributed by atoms with E-state index in [1.54, 1.807) is 0 Å². The van der Waals surface area contributed by atoms with Crippen LogP contribution in [0.3, 0.4) is 0 Å². The highest BCUT2D eigenvalue weighted by Gasteiger charge is 2.02. The molecule has 0 aliphatic carbocycles. The first-order valence-corrected chi connectivity index (χ1v) is 16.7. The van der Waals surface area contributed by atoms with Crippen LogP contribution in [0.5, 0.6) is 0 Å². The fourth-order valence-electron chi connectivity index (χ4n) is 2.91. The second-order valence-electron chi connectivity index (χ2n) is 9.53. The first-order valence-electron chi connectivity index (χ1n) is 16.7. The van der Waals surface area contributed by atoms with E-state index >= 15 is 0 Å². The molecule has 0 heterocycles. The van der Waals surface area contributed by atoms with Crippen molar-refractivity contribution >= 4 is 5.97 Å². The summed E-state index contributed by atoms with van der Waals surface area (Å²) in [5.74, 6) is -0.935. The number of aliphatic hydroxyl groups excluding tert-OH is 2. The standard InChI is InChI=1S/C28H58O15.C4H6O2/c1-2-43-28(30)27-42-26-25-41-24-23-40-22-21-39-20-19-38-18-17-37-16-15-36-14-13-35-12-11-34-10-9-33-8-7-32-6-5-31-4-3-29;1-3(2)4(5)6/h28-30H,2-27H2,1H3;1H2,2H3,(H,5,6). The van der Waals surface area contributed by atoms with Gasteiger partial charge in [0.25, 0.3) is 0 Å². The Labute approximate surface area is 291 Å². The zero-order valence-electron chi connectivity index (χ0n) is 29.7. The minimum Gasteiger partial charge on any atom is -0.478 e. The Morgan fingerprint density at radius 2 is 0.694 bits per heavy atom. The third-order valence-electron chi connectivity index (χ3n) is 5.31. The molecular weight excluding hydrogens is 656 g/mol. The number of carboxylic acids is 1. The molecule has 1 atom stereocenters. The summed E-state index contributed by atoms with van der Waals surface area (Å²) < 4.78 is 69.4. The van der Waals surface area contributed by atoms with Gasteiger partial charge in [0.1, 0.15) is 0 Å². The largest absolute Gasteiger partial charge is 0.478 e. The van der Waals surface area contributed by atoms with Crippen molar-refractivity contribution in [2.75, 3.05) is 172 Å². The van der Waals surface area contributed by atoms with Crippen molar-refractivity contribution in [3.8, 4) is 0 Å². The monoisotopic (exact) mass is 720 g/mol. The molecule has 0 aromatic carbocycles. The fourth-order valence-corrected chi connectivity index (χ4v) is 2.91. The number of rotatable bonds is 40. The van der Waals surface area contributed by atoms with E-state index in [-0.39, 0.29) is 18.8 Å². The summed E-state index contributed by atoms with van der Waals surface area (Å²) in [5.41, 5.74) is 0.176. The molecule has 1 unspecified atom stereocenters. The summed E-state index contributed by atoms with van der Waals surface area (Å²) in [6, 6.07) is 0. The van der Waals surface area contributed by atoms with Gasteiger partial charge in [-0.25, -0.2) is 4.79 Å². The smallest absolute Gasteiger partial charge is 0.330 e. The predicted octanol–water partition coefficient (Wildman–Crippen LogP) is 0.180. The average molecular weight is 721 g/mol. The fraction of sp³-hybridized carbons (Fsp3) is 0.906. The second-order valence-corrected chi connectivity index (χ2v) is 9.53. The van der Waals surface area contributed by atoms with Crippen LogP contribution in [-0.2, 0) is 66.4 Å². The minimum absolute atomic E-state index is 0.0228. The predicted molar refractivity (Wildman–Crippen MR) is 177 cm³/mol. The van der Waals surface area contributed by atoms with Crippen molar-refractivity contribution in [3.05, 3.63) is 12.2 Å². The number of ether oxygens (including phenoxy) is 13. The van der Waals surface area contributed by atoms with E-state index in [0.717, 1.165) is 0 Å². The third kappa shape index (κ3) is 48.8. The summed E-state index contributed by atoms with van der Waals surface area (Å²) >= 11 is 0. The highest BCUT2D eigenvalue weighted by atomic mass is 16.6. The van der Waals surface area contributed by atoms with Gasteiger partial charge in [-0.05, 0) is 13.8 Å². The topological polar surface area (TPSA) is 198 Å². The molecule has 0 aliphatic rings. The van der Waals surface area contributed by atoms with E-state index in [1.165, 1.54) is 6.92 Å². The molecule has 0 spiro atoms. The van der Waals surface area contributed by atoms with Crippen LogP contribution in [0.4, 0.5) is 0 Å². The molecule has 0 saturated carbocycles. The summed E-state index contributed by atoms with van der Waals surface area (Å²) in [7, 11) is 0. The van der Waals surface area contributed by atoms with Crippen LogP contribution in [0.15, 0.2) is 12.2 Å². The van der Waals surface area contributed by atoms with Crippen LogP contribution in [-0.4, -0.2) is 199 Å². The summed E-state index contributed by atoms with van der Waals surface area (Å²) in [4.78, 5) is 9.60. The van der Waals surface area contributed by atoms with E-state index in [0.29, 0.717) is 159 Å². The number of aliphatic hydroxyl groups is 2. The Kier molecular flexibility index (Phi) is 45.3. The molecule has 294 valence electrons. The number of carbonyl (C=O) groups is 1. The van der Waals surface area contributed by atoms with Crippen molar-refractivity contribution in [2.45, 2.75) is 20.1 Å². The normalized spacial score (nSPS) is 11.8. The average Bonchev–Trinajstić information content (AvgIpc) is 3.08. The molecule has 3 N–H and O–H groups in total. The zero-order chi connectivity index (χ0) is 36.3. The molecule has 0 aromatic rings. The molecule has 0 radical (unpaired) electrons. The maximum atomic E-state index is 9.60. The van der Waals surface area contributed by atoms with Crippen molar-refractivity contribution in [1.29, 1.82) is 0 Å². The van der Waals surface area contributed by atoms with Crippen LogP contribution in [0.25, 0.3) is 0 Å². The molecule has 0 aromatic heterocycles. The van der Waals surface area contributed by atoms with Crippen LogP contribution < -0.4 is 0 Å². The maximum Gasteiger partial charge on any atom is 0.330 e. The van der Waals surface area contributed by atoms with E-state index in [4.69, 9.17) is 71.8 Å². The van der Waals surface area contributed by atoms with E-state index < -0.39 is 12.3 Å². The molecule has 0 saturated heterocycles. The van der Waals surface area contributed by atoms with Crippen LogP contribution >= 0.6 is 0 Å². The maximum absolute atomic E-state index is 9.60.